The second-order valence-electron chi connectivity index (χ2n) is 4.31. The van der Waals surface area contributed by atoms with Crippen LogP contribution >= 0.6 is 0 Å². The number of aromatic nitrogens is 2. The maximum atomic E-state index is 10.5. The Hall–Kier alpha value is -2.20. The van der Waals surface area contributed by atoms with Gasteiger partial charge in [0.25, 0.3) is 0 Å². The molecule has 7 heteroatoms. The number of piperazine rings is 1. The Morgan fingerprint density at radius 2 is 2.00 bits per heavy atom. The van der Waals surface area contributed by atoms with Gasteiger partial charge in [-0.1, -0.05) is 0 Å². The summed E-state index contributed by atoms with van der Waals surface area (Å²) in [6, 6.07) is 2.04. The monoisotopic (exact) mass is 261 g/mol. The lowest BCUT2D eigenvalue weighted by Crippen LogP contribution is -2.47. The predicted octanol–water partition coefficient (Wildman–Crippen LogP) is -0.0550. The van der Waals surface area contributed by atoms with E-state index < -0.39 is 5.97 Å². The molecule has 2 heterocycles. The minimum atomic E-state index is -0.775. The summed E-state index contributed by atoms with van der Waals surface area (Å²) in [6.45, 7) is 3.57. The van der Waals surface area contributed by atoms with Crippen molar-refractivity contribution in [2.24, 2.45) is 0 Å². The van der Waals surface area contributed by atoms with Crippen LogP contribution in [0.3, 0.4) is 0 Å². The number of carbonyl (C=O) groups is 1. The van der Waals surface area contributed by atoms with Crippen molar-refractivity contribution in [3.8, 4) is 6.07 Å². The molecule has 7 nitrogen and oxygen atoms in total. The fourth-order valence-corrected chi connectivity index (χ4v) is 2.08. The number of anilines is 1. The molecule has 100 valence electrons. The van der Waals surface area contributed by atoms with Gasteiger partial charge in [0.2, 0.25) is 0 Å². The van der Waals surface area contributed by atoms with Crippen LogP contribution in [0.4, 0.5) is 5.82 Å². The highest BCUT2D eigenvalue weighted by molar-refractivity contribution is 5.66. The summed E-state index contributed by atoms with van der Waals surface area (Å²) in [4.78, 5) is 22.8. The Morgan fingerprint density at radius 3 is 2.63 bits per heavy atom. The van der Waals surface area contributed by atoms with E-state index in [0.717, 1.165) is 26.2 Å². The summed E-state index contributed by atoms with van der Waals surface area (Å²) in [5.41, 5.74) is 0.335. The van der Waals surface area contributed by atoms with Crippen LogP contribution in [0.1, 0.15) is 12.1 Å². The first-order valence-corrected chi connectivity index (χ1v) is 6.11. The molecule has 1 fully saturated rings. The molecule has 0 unspecified atom stereocenters. The second kappa shape index (κ2) is 6.11. The summed E-state index contributed by atoms with van der Waals surface area (Å²) in [5, 5.41) is 17.6. The van der Waals surface area contributed by atoms with Crippen molar-refractivity contribution in [2.45, 2.75) is 6.42 Å². The smallest absolute Gasteiger partial charge is 0.304 e. The largest absolute Gasteiger partial charge is 0.481 e. The zero-order valence-electron chi connectivity index (χ0n) is 10.5. The van der Waals surface area contributed by atoms with Gasteiger partial charge in [-0.3, -0.25) is 9.69 Å². The van der Waals surface area contributed by atoms with E-state index in [9.17, 15) is 4.79 Å². The van der Waals surface area contributed by atoms with E-state index in [2.05, 4.69) is 14.9 Å². The van der Waals surface area contributed by atoms with Crippen LogP contribution in [-0.4, -0.2) is 58.7 Å². The Bertz CT molecular complexity index is 491. The molecule has 0 bridgehead atoms. The number of nitrogens with zero attached hydrogens (tertiary/aromatic N) is 5. The Morgan fingerprint density at radius 1 is 1.32 bits per heavy atom. The van der Waals surface area contributed by atoms with Crippen LogP contribution in [0.15, 0.2) is 12.4 Å². The summed E-state index contributed by atoms with van der Waals surface area (Å²) in [6.07, 6.45) is 3.24. The van der Waals surface area contributed by atoms with Crippen LogP contribution in [0.5, 0.6) is 0 Å². The van der Waals surface area contributed by atoms with Crippen molar-refractivity contribution in [2.75, 3.05) is 37.6 Å². The molecule has 1 aromatic rings. The number of hydrogen-bond donors (Lipinski definition) is 1. The third-order valence-electron chi connectivity index (χ3n) is 3.10. The molecule has 0 amide bonds. The Labute approximate surface area is 111 Å². The van der Waals surface area contributed by atoms with Crippen LogP contribution in [0.25, 0.3) is 0 Å². The average Bonchev–Trinajstić information content (AvgIpc) is 2.45. The highest BCUT2D eigenvalue weighted by atomic mass is 16.4. The van der Waals surface area contributed by atoms with Crippen LogP contribution in [-0.2, 0) is 4.79 Å². The number of aliphatic carboxylic acids is 1. The molecule has 1 saturated heterocycles. The topological polar surface area (TPSA) is 93.4 Å². The van der Waals surface area contributed by atoms with Gasteiger partial charge in [0, 0.05) is 45.1 Å². The van der Waals surface area contributed by atoms with Gasteiger partial charge in [-0.15, -0.1) is 0 Å². The van der Waals surface area contributed by atoms with Gasteiger partial charge >= 0.3 is 5.97 Å². The zero-order chi connectivity index (χ0) is 13.7. The van der Waals surface area contributed by atoms with E-state index >= 15 is 0 Å². The molecule has 0 atom stereocenters. The van der Waals surface area contributed by atoms with Gasteiger partial charge in [-0.2, -0.15) is 5.26 Å². The Balaban J connectivity index is 1.93. The maximum absolute atomic E-state index is 10.5. The Kier molecular flexibility index (Phi) is 4.26. The minimum Gasteiger partial charge on any atom is -0.481 e. The summed E-state index contributed by atoms with van der Waals surface area (Å²) in [7, 11) is 0. The molecule has 0 spiro atoms. The third-order valence-corrected chi connectivity index (χ3v) is 3.10. The number of hydrogen-bond acceptors (Lipinski definition) is 6. The molecular formula is C12H15N5O2. The highest BCUT2D eigenvalue weighted by Crippen LogP contribution is 2.16. The highest BCUT2D eigenvalue weighted by Gasteiger charge is 2.20. The second-order valence-corrected chi connectivity index (χ2v) is 4.31. The van der Waals surface area contributed by atoms with Crippen LogP contribution in [0.2, 0.25) is 0 Å². The average molecular weight is 261 g/mol. The van der Waals surface area contributed by atoms with Crippen molar-refractivity contribution >= 4 is 11.8 Å². The molecule has 1 N–H and O–H groups in total. The molecule has 0 aliphatic carbocycles. The fraction of sp³-hybridized carbons (Fsp3) is 0.500. The summed E-state index contributed by atoms with van der Waals surface area (Å²) in [5.74, 6) is -0.161. The summed E-state index contributed by atoms with van der Waals surface area (Å²) >= 11 is 0. The lowest BCUT2D eigenvalue weighted by atomic mass is 10.2. The zero-order valence-corrected chi connectivity index (χ0v) is 10.5. The maximum Gasteiger partial charge on any atom is 0.304 e. The number of nitriles is 1. The van der Waals surface area contributed by atoms with Crippen molar-refractivity contribution in [1.82, 2.24) is 14.9 Å². The molecule has 1 aliphatic heterocycles. The minimum absolute atomic E-state index is 0.161. The first-order chi connectivity index (χ1) is 9.20. The SMILES string of the molecule is N#Cc1nccnc1N1CCN(CCC(=O)O)CC1. The fourth-order valence-electron chi connectivity index (χ4n) is 2.08. The number of carboxylic acids is 1. The van der Waals surface area contributed by atoms with Gasteiger partial charge in [0.1, 0.15) is 6.07 Å². The van der Waals surface area contributed by atoms with Gasteiger partial charge in [0.15, 0.2) is 11.5 Å². The molecular weight excluding hydrogens is 246 g/mol. The number of carboxylic acid groups (broad SMARTS) is 1. The lowest BCUT2D eigenvalue weighted by molar-refractivity contribution is -0.137. The molecule has 19 heavy (non-hydrogen) atoms. The lowest BCUT2D eigenvalue weighted by Gasteiger charge is -2.35. The van der Waals surface area contributed by atoms with Gasteiger partial charge in [-0.05, 0) is 0 Å². The van der Waals surface area contributed by atoms with Gasteiger partial charge in [-0.25, -0.2) is 9.97 Å². The molecule has 1 aliphatic rings. The predicted molar refractivity (Wildman–Crippen MR) is 67.7 cm³/mol. The van der Waals surface area contributed by atoms with Gasteiger partial charge < -0.3 is 10.0 Å². The van der Waals surface area contributed by atoms with Crippen molar-refractivity contribution in [3.05, 3.63) is 18.1 Å². The van der Waals surface area contributed by atoms with Crippen molar-refractivity contribution in [1.29, 1.82) is 5.26 Å². The van der Waals surface area contributed by atoms with Crippen molar-refractivity contribution in [3.63, 3.8) is 0 Å². The first kappa shape index (κ1) is 13.2. The van der Waals surface area contributed by atoms with Gasteiger partial charge in [0.05, 0.1) is 6.42 Å². The van der Waals surface area contributed by atoms with Crippen LogP contribution in [0, 0.1) is 11.3 Å². The number of rotatable bonds is 4. The van der Waals surface area contributed by atoms with E-state index in [4.69, 9.17) is 10.4 Å². The van der Waals surface area contributed by atoms with Crippen molar-refractivity contribution < 1.29 is 9.90 Å². The first-order valence-electron chi connectivity index (χ1n) is 6.11. The molecule has 1 aromatic heterocycles. The quantitative estimate of drug-likeness (QED) is 0.811. The normalized spacial score (nSPS) is 16.1. The van der Waals surface area contributed by atoms with E-state index in [1.807, 2.05) is 11.0 Å². The standard InChI is InChI=1S/C12H15N5O2/c13-9-10-12(15-3-2-14-10)17-7-5-16(6-8-17)4-1-11(18)19/h2-3H,1,4-8H2,(H,18,19). The molecule has 2 rings (SSSR count). The molecule has 0 aromatic carbocycles. The summed E-state index contributed by atoms with van der Waals surface area (Å²) < 4.78 is 0. The van der Waals surface area contributed by atoms with E-state index in [1.54, 1.807) is 6.20 Å². The molecule has 0 radical (unpaired) electrons. The molecule has 0 saturated carbocycles. The van der Waals surface area contributed by atoms with E-state index in [-0.39, 0.29) is 6.42 Å². The van der Waals surface area contributed by atoms with E-state index in [1.165, 1.54) is 6.20 Å². The van der Waals surface area contributed by atoms with E-state index in [0.29, 0.717) is 18.1 Å². The third kappa shape index (κ3) is 3.39. The van der Waals surface area contributed by atoms with Crippen LogP contribution < -0.4 is 4.90 Å².